The molecule has 106 valence electrons. The van der Waals surface area contributed by atoms with Gasteiger partial charge in [-0.2, -0.15) is 0 Å². The Morgan fingerprint density at radius 2 is 2.16 bits per heavy atom. The predicted molar refractivity (Wildman–Crippen MR) is 76.1 cm³/mol. The number of aryl methyl sites for hydroxylation is 1. The van der Waals surface area contributed by atoms with E-state index >= 15 is 0 Å². The maximum atomic E-state index is 6.21. The second-order valence-electron chi connectivity index (χ2n) is 6.16. The molecule has 1 aliphatic heterocycles. The molecule has 0 N–H and O–H groups in total. The summed E-state index contributed by atoms with van der Waals surface area (Å²) in [6.07, 6.45) is 5.00. The van der Waals surface area contributed by atoms with E-state index in [2.05, 4.69) is 38.7 Å². The Morgan fingerprint density at radius 1 is 1.37 bits per heavy atom. The first-order valence-electron chi connectivity index (χ1n) is 7.15. The van der Waals surface area contributed by atoms with Crippen LogP contribution in [0.15, 0.2) is 18.3 Å². The molecular formula is C16H25NO2. The molecule has 2 heterocycles. The second kappa shape index (κ2) is 5.59. The summed E-state index contributed by atoms with van der Waals surface area (Å²) >= 11 is 0. The van der Waals surface area contributed by atoms with E-state index in [1.165, 1.54) is 5.56 Å². The minimum absolute atomic E-state index is 0.0136. The fourth-order valence-electron chi connectivity index (χ4n) is 2.67. The number of nitrogens with zero attached hydrogens (tertiary/aromatic N) is 1. The van der Waals surface area contributed by atoms with Crippen molar-refractivity contribution in [1.82, 2.24) is 4.98 Å². The third-order valence-electron chi connectivity index (χ3n) is 4.04. The van der Waals surface area contributed by atoms with Crippen molar-refractivity contribution in [3.63, 3.8) is 0 Å². The van der Waals surface area contributed by atoms with Crippen molar-refractivity contribution in [2.45, 2.75) is 64.8 Å². The molecule has 3 nitrogen and oxygen atoms in total. The van der Waals surface area contributed by atoms with E-state index in [-0.39, 0.29) is 11.2 Å². The van der Waals surface area contributed by atoms with E-state index in [4.69, 9.17) is 9.47 Å². The number of hydrogen-bond donors (Lipinski definition) is 0. The SMILES string of the molecule is CCC1(COCc2ncccc2C)CCC(C)(C)O1. The average Bonchev–Trinajstić information content (AvgIpc) is 2.68. The quantitative estimate of drug-likeness (QED) is 0.812. The zero-order chi connectivity index (χ0) is 13.9. The van der Waals surface area contributed by atoms with Gasteiger partial charge in [0.2, 0.25) is 0 Å². The van der Waals surface area contributed by atoms with Gasteiger partial charge in [-0.05, 0) is 51.7 Å². The van der Waals surface area contributed by atoms with E-state index in [0.717, 1.165) is 25.0 Å². The summed E-state index contributed by atoms with van der Waals surface area (Å²) in [5.41, 5.74) is 2.08. The van der Waals surface area contributed by atoms with Crippen LogP contribution in [0, 0.1) is 6.92 Å². The summed E-state index contributed by atoms with van der Waals surface area (Å²) in [6.45, 7) is 9.79. The molecule has 1 aromatic rings. The lowest BCUT2D eigenvalue weighted by molar-refractivity contribution is -0.127. The highest BCUT2D eigenvalue weighted by Crippen LogP contribution is 2.39. The Balaban J connectivity index is 1.90. The zero-order valence-corrected chi connectivity index (χ0v) is 12.5. The first-order valence-corrected chi connectivity index (χ1v) is 7.15. The maximum absolute atomic E-state index is 6.21. The first kappa shape index (κ1) is 14.5. The largest absolute Gasteiger partial charge is 0.372 e. The van der Waals surface area contributed by atoms with Gasteiger partial charge in [0.25, 0.3) is 0 Å². The van der Waals surface area contributed by atoms with Crippen LogP contribution in [0.5, 0.6) is 0 Å². The molecule has 0 amide bonds. The van der Waals surface area contributed by atoms with Crippen molar-refractivity contribution in [3.05, 3.63) is 29.6 Å². The van der Waals surface area contributed by atoms with Gasteiger partial charge in [-0.15, -0.1) is 0 Å². The minimum atomic E-state index is -0.105. The Bertz CT molecular complexity index is 431. The van der Waals surface area contributed by atoms with Crippen molar-refractivity contribution in [2.75, 3.05) is 6.61 Å². The van der Waals surface area contributed by atoms with Crippen molar-refractivity contribution >= 4 is 0 Å². The molecule has 0 radical (unpaired) electrons. The van der Waals surface area contributed by atoms with Crippen LogP contribution in [-0.2, 0) is 16.1 Å². The molecule has 1 aliphatic rings. The van der Waals surface area contributed by atoms with Gasteiger partial charge < -0.3 is 9.47 Å². The Morgan fingerprint density at radius 3 is 2.74 bits per heavy atom. The van der Waals surface area contributed by atoms with Crippen LogP contribution in [0.2, 0.25) is 0 Å². The predicted octanol–water partition coefficient (Wildman–Crippen LogP) is 3.64. The Hall–Kier alpha value is -0.930. The van der Waals surface area contributed by atoms with Gasteiger partial charge in [-0.25, -0.2) is 0 Å². The summed E-state index contributed by atoms with van der Waals surface area (Å²) in [5, 5.41) is 0. The number of hydrogen-bond acceptors (Lipinski definition) is 3. The molecule has 2 rings (SSSR count). The van der Waals surface area contributed by atoms with Gasteiger partial charge in [0.05, 0.1) is 30.1 Å². The van der Waals surface area contributed by atoms with Crippen molar-refractivity contribution in [1.29, 1.82) is 0 Å². The van der Waals surface area contributed by atoms with Crippen molar-refractivity contribution in [3.8, 4) is 0 Å². The lowest BCUT2D eigenvalue weighted by atomic mass is 9.96. The van der Waals surface area contributed by atoms with Gasteiger partial charge in [-0.1, -0.05) is 13.0 Å². The fraction of sp³-hybridized carbons (Fsp3) is 0.688. The highest BCUT2D eigenvalue weighted by molar-refractivity contribution is 5.16. The van der Waals surface area contributed by atoms with Gasteiger partial charge in [0.15, 0.2) is 0 Å². The van der Waals surface area contributed by atoms with Crippen LogP contribution < -0.4 is 0 Å². The van der Waals surface area contributed by atoms with Crippen LogP contribution in [0.4, 0.5) is 0 Å². The van der Waals surface area contributed by atoms with Gasteiger partial charge in [0.1, 0.15) is 0 Å². The van der Waals surface area contributed by atoms with Crippen LogP contribution in [-0.4, -0.2) is 22.8 Å². The molecule has 0 spiro atoms. The molecule has 1 aromatic heterocycles. The van der Waals surface area contributed by atoms with Gasteiger partial charge in [0, 0.05) is 6.20 Å². The summed E-state index contributed by atoms with van der Waals surface area (Å²) < 4.78 is 12.1. The molecule has 19 heavy (non-hydrogen) atoms. The van der Waals surface area contributed by atoms with Crippen molar-refractivity contribution in [2.24, 2.45) is 0 Å². The minimum Gasteiger partial charge on any atom is -0.372 e. The number of aromatic nitrogens is 1. The summed E-state index contributed by atoms with van der Waals surface area (Å²) in [5.74, 6) is 0. The van der Waals surface area contributed by atoms with Gasteiger partial charge in [-0.3, -0.25) is 4.98 Å². The van der Waals surface area contributed by atoms with Crippen molar-refractivity contribution < 1.29 is 9.47 Å². The van der Waals surface area contributed by atoms with Gasteiger partial charge >= 0.3 is 0 Å². The lowest BCUT2D eigenvalue weighted by Gasteiger charge is -2.30. The molecule has 0 aromatic carbocycles. The number of ether oxygens (including phenoxy) is 2. The summed E-state index contributed by atoms with van der Waals surface area (Å²) in [4.78, 5) is 4.35. The molecule has 0 aliphatic carbocycles. The van der Waals surface area contributed by atoms with E-state index in [9.17, 15) is 0 Å². The fourth-order valence-corrected chi connectivity index (χ4v) is 2.67. The summed E-state index contributed by atoms with van der Waals surface area (Å²) in [6, 6.07) is 4.02. The topological polar surface area (TPSA) is 31.4 Å². The normalized spacial score (nSPS) is 25.7. The van der Waals surface area contributed by atoms with Crippen LogP contribution in [0.3, 0.4) is 0 Å². The molecule has 1 fully saturated rings. The third kappa shape index (κ3) is 3.54. The zero-order valence-electron chi connectivity index (χ0n) is 12.5. The number of pyridine rings is 1. The van der Waals surface area contributed by atoms with E-state index in [1.807, 2.05) is 12.3 Å². The van der Waals surface area contributed by atoms with E-state index in [0.29, 0.717) is 13.2 Å². The highest BCUT2D eigenvalue weighted by Gasteiger charge is 2.43. The van der Waals surface area contributed by atoms with E-state index in [1.54, 1.807) is 0 Å². The molecule has 1 saturated heterocycles. The van der Waals surface area contributed by atoms with E-state index < -0.39 is 0 Å². The first-order chi connectivity index (χ1) is 8.96. The number of rotatable bonds is 5. The average molecular weight is 263 g/mol. The molecule has 0 bridgehead atoms. The summed E-state index contributed by atoms with van der Waals surface area (Å²) in [7, 11) is 0. The molecule has 1 unspecified atom stereocenters. The lowest BCUT2D eigenvalue weighted by Crippen LogP contribution is -2.36. The Kier molecular flexibility index (Phi) is 4.26. The van der Waals surface area contributed by atoms with Crippen LogP contribution >= 0.6 is 0 Å². The van der Waals surface area contributed by atoms with Crippen LogP contribution in [0.1, 0.15) is 51.3 Å². The molecule has 3 heteroatoms. The maximum Gasteiger partial charge on any atom is 0.0920 e. The Labute approximate surface area is 116 Å². The smallest absolute Gasteiger partial charge is 0.0920 e. The molecule has 0 saturated carbocycles. The monoisotopic (exact) mass is 263 g/mol. The second-order valence-corrected chi connectivity index (χ2v) is 6.16. The third-order valence-corrected chi connectivity index (χ3v) is 4.04. The van der Waals surface area contributed by atoms with Crippen LogP contribution in [0.25, 0.3) is 0 Å². The molecular weight excluding hydrogens is 238 g/mol. The molecule has 1 atom stereocenters. The highest BCUT2D eigenvalue weighted by atomic mass is 16.6. The standard InChI is InChI=1S/C16H25NO2/c1-5-16(9-8-15(3,4)19-16)12-18-11-14-13(2)7-6-10-17-14/h6-7,10H,5,8-9,11-12H2,1-4H3.